The van der Waals surface area contributed by atoms with E-state index in [0.717, 1.165) is 18.2 Å². The summed E-state index contributed by atoms with van der Waals surface area (Å²) in [5.74, 6) is 4.18. The average Bonchev–Trinajstić information content (AvgIpc) is 2.46. The van der Waals surface area contributed by atoms with Gasteiger partial charge in [-0.1, -0.05) is 11.8 Å². The number of hydrogen-bond donors (Lipinski definition) is 2. The lowest BCUT2D eigenvalue weighted by atomic mass is 10.1. The topological polar surface area (TPSA) is 101 Å². The lowest BCUT2D eigenvalue weighted by Gasteiger charge is -1.98. The average molecular weight is 283 g/mol. The fourth-order valence-electron chi connectivity index (χ4n) is 1.61. The Labute approximate surface area is 119 Å². The van der Waals surface area contributed by atoms with E-state index >= 15 is 0 Å². The zero-order chi connectivity index (χ0) is 15.4. The summed E-state index contributed by atoms with van der Waals surface area (Å²) in [6.45, 7) is 0. The number of rotatable bonds is 2. The van der Waals surface area contributed by atoms with Crippen LogP contribution in [0.2, 0.25) is 0 Å². The Hall–Kier alpha value is -3.33. The molecule has 2 N–H and O–H groups in total. The monoisotopic (exact) mass is 283 g/mol. The molecule has 6 nitrogen and oxygen atoms in total. The van der Waals surface area contributed by atoms with Crippen molar-refractivity contribution in [2.45, 2.75) is 0 Å². The van der Waals surface area contributed by atoms with Crippen molar-refractivity contribution in [2.75, 3.05) is 0 Å². The van der Waals surface area contributed by atoms with Crippen molar-refractivity contribution in [3.05, 3.63) is 69.3 Å². The highest BCUT2D eigenvalue weighted by Crippen LogP contribution is 2.19. The minimum atomic E-state index is -1.18. The van der Waals surface area contributed by atoms with Crippen LogP contribution in [0.3, 0.4) is 0 Å². The first-order chi connectivity index (χ1) is 9.97. The van der Waals surface area contributed by atoms with Gasteiger partial charge in [0, 0.05) is 11.6 Å². The summed E-state index contributed by atoms with van der Waals surface area (Å²) in [7, 11) is 0. The van der Waals surface area contributed by atoms with Crippen LogP contribution in [0.1, 0.15) is 21.5 Å². The van der Waals surface area contributed by atoms with Gasteiger partial charge >= 0.3 is 5.97 Å². The first-order valence-electron chi connectivity index (χ1n) is 5.80. The second kappa shape index (κ2) is 5.75. The van der Waals surface area contributed by atoms with Crippen molar-refractivity contribution in [3.8, 4) is 17.6 Å². The van der Waals surface area contributed by atoms with E-state index in [1.54, 1.807) is 12.1 Å². The summed E-state index contributed by atoms with van der Waals surface area (Å²) >= 11 is 0. The fraction of sp³-hybridized carbons (Fsp3) is 0. The van der Waals surface area contributed by atoms with Gasteiger partial charge in [0.1, 0.15) is 11.3 Å². The van der Waals surface area contributed by atoms with E-state index in [2.05, 4.69) is 11.8 Å². The Balaban J connectivity index is 2.47. The fourth-order valence-corrected chi connectivity index (χ4v) is 1.61. The highest BCUT2D eigenvalue weighted by molar-refractivity contribution is 5.88. The van der Waals surface area contributed by atoms with Crippen LogP contribution < -0.4 is 0 Å². The summed E-state index contributed by atoms with van der Waals surface area (Å²) in [6, 6.07) is 9.41. The zero-order valence-electron chi connectivity index (χ0n) is 10.6. The van der Waals surface area contributed by atoms with Crippen molar-refractivity contribution in [3.63, 3.8) is 0 Å². The largest absolute Gasteiger partial charge is 0.508 e. The number of nitro benzene ring substituents is 1. The summed E-state index contributed by atoms with van der Waals surface area (Å²) < 4.78 is 0. The van der Waals surface area contributed by atoms with Gasteiger partial charge in [0.2, 0.25) is 0 Å². The number of phenols is 1. The predicted molar refractivity (Wildman–Crippen MR) is 74.1 cm³/mol. The third-order valence-electron chi connectivity index (χ3n) is 2.65. The Kier molecular flexibility index (Phi) is 3.86. The van der Waals surface area contributed by atoms with Gasteiger partial charge in [0.15, 0.2) is 0 Å². The molecule has 0 amide bonds. The first-order valence-corrected chi connectivity index (χ1v) is 5.80. The van der Waals surface area contributed by atoms with E-state index in [-0.39, 0.29) is 22.6 Å². The molecule has 0 unspecified atom stereocenters. The highest BCUT2D eigenvalue weighted by Gasteiger charge is 2.14. The van der Waals surface area contributed by atoms with E-state index < -0.39 is 10.9 Å². The van der Waals surface area contributed by atoms with Gasteiger partial charge in [0.25, 0.3) is 5.69 Å². The van der Waals surface area contributed by atoms with Crippen LogP contribution in [0.15, 0.2) is 42.5 Å². The maximum atomic E-state index is 10.9. The van der Waals surface area contributed by atoms with Crippen molar-refractivity contribution in [1.82, 2.24) is 0 Å². The Morgan fingerprint density at radius 2 is 1.76 bits per heavy atom. The van der Waals surface area contributed by atoms with Gasteiger partial charge in [-0.25, -0.2) is 4.79 Å². The summed E-state index contributed by atoms with van der Waals surface area (Å²) in [4.78, 5) is 21.2. The lowest BCUT2D eigenvalue weighted by Crippen LogP contribution is -1.99. The number of carboxylic acids is 1. The third kappa shape index (κ3) is 3.36. The zero-order valence-corrected chi connectivity index (χ0v) is 10.6. The van der Waals surface area contributed by atoms with Crippen LogP contribution in [0.5, 0.6) is 5.75 Å². The molecule has 0 saturated carbocycles. The quantitative estimate of drug-likeness (QED) is 0.500. The SMILES string of the molecule is O=C(O)c1ccc([N+](=O)[O-])c(C#Cc2ccc(O)cc2)c1. The van der Waals surface area contributed by atoms with E-state index in [1.807, 2.05) is 0 Å². The van der Waals surface area contributed by atoms with Crippen LogP contribution in [-0.4, -0.2) is 21.1 Å². The van der Waals surface area contributed by atoms with Gasteiger partial charge in [-0.05, 0) is 36.4 Å². The predicted octanol–water partition coefficient (Wildman–Crippen LogP) is 2.40. The molecule has 0 spiro atoms. The molecule has 2 aromatic rings. The number of aromatic hydroxyl groups is 1. The van der Waals surface area contributed by atoms with Gasteiger partial charge in [0.05, 0.1) is 10.5 Å². The maximum Gasteiger partial charge on any atom is 0.335 e. The molecule has 104 valence electrons. The standard InChI is InChI=1S/C15H9NO5/c17-13-6-2-10(3-7-13)1-4-11-9-12(15(18)19)5-8-14(11)16(20)21/h2-3,5-9,17H,(H,18,19). The van der Waals surface area contributed by atoms with Gasteiger partial charge < -0.3 is 10.2 Å². The third-order valence-corrected chi connectivity index (χ3v) is 2.65. The van der Waals surface area contributed by atoms with E-state index in [0.29, 0.717) is 5.56 Å². The second-order valence-corrected chi connectivity index (χ2v) is 4.09. The summed E-state index contributed by atoms with van der Waals surface area (Å²) in [6.07, 6.45) is 0. The van der Waals surface area contributed by atoms with E-state index in [9.17, 15) is 14.9 Å². The molecule has 0 aliphatic rings. The Morgan fingerprint density at radius 3 is 2.33 bits per heavy atom. The van der Waals surface area contributed by atoms with Crippen LogP contribution >= 0.6 is 0 Å². The number of hydrogen-bond acceptors (Lipinski definition) is 4. The molecule has 0 fully saturated rings. The minimum Gasteiger partial charge on any atom is -0.508 e. The number of carboxylic acid groups (broad SMARTS) is 1. The number of benzene rings is 2. The molecule has 0 radical (unpaired) electrons. The number of phenolic OH excluding ortho intramolecular Hbond substituents is 1. The van der Waals surface area contributed by atoms with Crippen LogP contribution in [0.4, 0.5) is 5.69 Å². The molecule has 0 saturated heterocycles. The molecule has 2 aromatic carbocycles. The number of nitro groups is 1. The van der Waals surface area contributed by atoms with Crippen molar-refractivity contribution in [2.24, 2.45) is 0 Å². The van der Waals surface area contributed by atoms with E-state index in [4.69, 9.17) is 10.2 Å². The van der Waals surface area contributed by atoms with Crippen LogP contribution in [-0.2, 0) is 0 Å². The minimum absolute atomic E-state index is 0.0213. The normalized spacial score (nSPS) is 9.52. The second-order valence-electron chi connectivity index (χ2n) is 4.09. The van der Waals surface area contributed by atoms with Gasteiger partial charge in [-0.3, -0.25) is 10.1 Å². The summed E-state index contributed by atoms with van der Waals surface area (Å²) in [5.41, 5.74) is 0.234. The number of carbonyl (C=O) groups is 1. The van der Waals surface area contributed by atoms with Crippen molar-refractivity contribution < 1.29 is 19.9 Å². The Morgan fingerprint density at radius 1 is 1.10 bits per heavy atom. The molecule has 0 atom stereocenters. The van der Waals surface area contributed by atoms with Crippen molar-refractivity contribution >= 4 is 11.7 Å². The number of aromatic carboxylic acids is 1. The molecule has 0 heterocycles. The van der Waals surface area contributed by atoms with Gasteiger partial charge in [-0.15, -0.1) is 0 Å². The summed E-state index contributed by atoms with van der Waals surface area (Å²) in [5, 5.41) is 29.0. The molecule has 0 aliphatic carbocycles. The maximum absolute atomic E-state index is 10.9. The first kappa shape index (κ1) is 14.1. The molecule has 0 aromatic heterocycles. The van der Waals surface area contributed by atoms with Crippen molar-refractivity contribution in [1.29, 1.82) is 0 Å². The van der Waals surface area contributed by atoms with Crippen LogP contribution in [0.25, 0.3) is 0 Å². The molecule has 6 heteroatoms. The molecule has 0 aliphatic heterocycles. The smallest absolute Gasteiger partial charge is 0.335 e. The molecule has 0 bridgehead atoms. The number of nitrogens with zero attached hydrogens (tertiary/aromatic N) is 1. The molecular weight excluding hydrogens is 274 g/mol. The molecule has 21 heavy (non-hydrogen) atoms. The molecular formula is C15H9NO5. The molecule has 2 rings (SSSR count). The highest BCUT2D eigenvalue weighted by atomic mass is 16.6. The van der Waals surface area contributed by atoms with Gasteiger partial charge in [-0.2, -0.15) is 0 Å². The van der Waals surface area contributed by atoms with E-state index in [1.165, 1.54) is 12.1 Å². The Bertz CT molecular complexity index is 769. The van der Waals surface area contributed by atoms with Crippen LogP contribution in [0, 0.1) is 22.0 Å². The lowest BCUT2D eigenvalue weighted by molar-refractivity contribution is -0.385.